The van der Waals surface area contributed by atoms with Gasteiger partial charge in [-0.2, -0.15) is 0 Å². The van der Waals surface area contributed by atoms with Crippen molar-refractivity contribution in [3.05, 3.63) is 48.5 Å². The number of amides is 1. The Morgan fingerprint density at radius 2 is 1.90 bits per heavy atom. The molecule has 0 aromatic heterocycles. The molecule has 2 aromatic rings. The molecule has 0 aliphatic carbocycles. The molecule has 0 spiro atoms. The van der Waals surface area contributed by atoms with Crippen LogP contribution in [0.25, 0.3) is 10.8 Å². The van der Waals surface area contributed by atoms with Crippen molar-refractivity contribution in [2.45, 2.75) is 19.9 Å². The molecule has 1 amide bonds. The molecule has 0 atom stereocenters. The minimum absolute atomic E-state index is 0.158. The quantitative estimate of drug-likeness (QED) is 0.846. The van der Waals surface area contributed by atoms with Crippen LogP contribution >= 0.6 is 0 Å². The minimum Gasteiger partial charge on any atom is -0.507 e. The van der Waals surface area contributed by atoms with Gasteiger partial charge in [-0.1, -0.05) is 19.1 Å². The van der Waals surface area contributed by atoms with E-state index in [0.717, 1.165) is 10.5 Å². The van der Waals surface area contributed by atoms with E-state index in [-0.39, 0.29) is 23.8 Å². The van der Waals surface area contributed by atoms with Gasteiger partial charge in [0.2, 0.25) is 5.91 Å². The van der Waals surface area contributed by atoms with Crippen LogP contribution in [0, 0.1) is 7.05 Å². The maximum Gasteiger partial charge on any atom is 0.339 e. The molecule has 2 aromatic carbocycles. The largest absolute Gasteiger partial charge is 0.507 e. The number of hydrogen-bond acceptors (Lipinski definition) is 3. The lowest BCUT2D eigenvalue weighted by Gasteiger charge is -2.16. The number of carbonyl (C=O) groups excluding carboxylic acids is 1. The van der Waals surface area contributed by atoms with Crippen molar-refractivity contribution in [3.8, 4) is 5.75 Å². The predicted octanol–water partition coefficient (Wildman–Crippen LogP) is 2.65. The van der Waals surface area contributed by atoms with Crippen LogP contribution in [0.3, 0.4) is 0 Å². The highest BCUT2D eigenvalue weighted by Crippen LogP contribution is 2.26. The normalized spacial score (nSPS) is 10.6. The summed E-state index contributed by atoms with van der Waals surface area (Å²) in [6.45, 7) is 1.97. The van der Waals surface area contributed by atoms with Crippen molar-refractivity contribution in [2.75, 3.05) is 0 Å². The van der Waals surface area contributed by atoms with Gasteiger partial charge in [-0.05, 0) is 34.5 Å². The van der Waals surface area contributed by atoms with E-state index in [0.29, 0.717) is 17.2 Å². The second-order valence-electron chi connectivity index (χ2n) is 4.73. The molecule has 5 heteroatoms. The highest BCUT2D eigenvalue weighted by atomic mass is 16.4. The number of carboxylic acids is 1. The van der Waals surface area contributed by atoms with Gasteiger partial charge in [0.15, 0.2) is 0 Å². The van der Waals surface area contributed by atoms with E-state index in [2.05, 4.69) is 0 Å². The average Bonchev–Trinajstić information content (AvgIpc) is 2.45. The van der Waals surface area contributed by atoms with Crippen LogP contribution in [-0.4, -0.2) is 27.0 Å². The zero-order chi connectivity index (χ0) is 15.6. The third kappa shape index (κ3) is 3.13. The highest BCUT2D eigenvalue weighted by Gasteiger charge is 2.12. The molecule has 0 aliphatic rings. The number of rotatable bonds is 4. The number of nitrogens with zero attached hydrogens (tertiary/aromatic N) is 1. The Morgan fingerprint density at radius 1 is 1.19 bits per heavy atom. The van der Waals surface area contributed by atoms with Crippen molar-refractivity contribution in [2.24, 2.45) is 0 Å². The maximum atomic E-state index is 11.5. The van der Waals surface area contributed by atoms with Gasteiger partial charge in [-0.3, -0.25) is 4.79 Å². The van der Waals surface area contributed by atoms with Crippen LogP contribution in [0.5, 0.6) is 5.75 Å². The predicted molar refractivity (Wildman–Crippen MR) is 77.7 cm³/mol. The third-order valence-electron chi connectivity index (χ3n) is 3.23. The SMILES string of the molecule is [CH]N(Cc1ccc2cc(O)c(C(=O)O)cc2c1)C(=O)CC. The standard InChI is InChI=1S/C16H15NO4/c1-3-15(19)17(2)9-10-4-5-11-8-14(18)13(16(20)21)7-12(11)6-10/h2,4-8,18H,3,9H2,1H3,(H,20,21). The molecular formula is C16H15NO4. The molecular weight excluding hydrogens is 270 g/mol. The maximum absolute atomic E-state index is 11.5. The molecule has 5 nitrogen and oxygen atoms in total. The number of fused-ring (bicyclic) bond motifs is 1. The van der Waals surface area contributed by atoms with Gasteiger partial charge in [0.1, 0.15) is 11.3 Å². The number of hydrogen-bond donors (Lipinski definition) is 2. The number of phenols is 1. The first-order valence-electron chi connectivity index (χ1n) is 6.46. The first-order chi connectivity index (χ1) is 9.92. The van der Waals surface area contributed by atoms with Crippen LogP contribution in [0.15, 0.2) is 30.3 Å². The van der Waals surface area contributed by atoms with Gasteiger partial charge in [-0.25, -0.2) is 4.79 Å². The number of aromatic carboxylic acids is 1. The van der Waals surface area contributed by atoms with Crippen LogP contribution in [-0.2, 0) is 11.3 Å². The fourth-order valence-electron chi connectivity index (χ4n) is 2.09. The van der Waals surface area contributed by atoms with Gasteiger partial charge >= 0.3 is 5.97 Å². The molecule has 0 saturated carbocycles. The Kier molecular flexibility index (Phi) is 4.12. The fourth-order valence-corrected chi connectivity index (χ4v) is 2.09. The summed E-state index contributed by atoms with van der Waals surface area (Å²) in [7, 11) is 5.66. The molecule has 2 rings (SSSR count). The van der Waals surface area contributed by atoms with Crippen LogP contribution in [0.2, 0.25) is 0 Å². The van der Waals surface area contributed by atoms with E-state index in [1.54, 1.807) is 25.1 Å². The molecule has 108 valence electrons. The van der Waals surface area contributed by atoms with E-state index in [1.807, 2.05) is 0 Å². The first-order valence-corrected chi connectivity index (χ1v) is 6.46. The second-order valence-corrected chi connectivity index (χ2v) is 4.73. The summed E-state index contributed by atoms with van der Waals surface area (Å²) in [5, 5.41) is 20.0. The smallest absolute Gasteiger partial charge is 0.339 e. The van der Waals surface area contributed by atoms with E-state index in [4.69, 9.17) is 12.2 Å². The van der Waals surface area contributed by atoms with Crippen LogP contribution < -0.4 is 0 Å². The van der Waals surface area contributed by atoms with Gasteiger partial charge in [0, 0.05) is 13.0 Å². The number of carboxylic acid groups (broad SMARTS) is 1. The summed E-state index contributed by atoms with van der Waals surface area (Å²) in [5.74, 6) is -1.64. The zero-order valence-electron chi connectivity index (χ0n) is 11.5. The molecule has 0 bridgehead atoms. The summed E-state index contributed by atoms with van der Waals surface area (Å²) in [6.07, 6.45) is 0.321. The Morgan fingerprint density at radius 3 is 2.52 bits per heavy atom. The van der Waals surface area contributed by atoms with Gasteiger partial charge < -0.3 is 15.1 Å². The topological polar surface area (TPSA) is 77.8 Å². The van der Waals surface area contributed by atoms with Crippen molar-refractivity contribution in [1.82, 2.24) is 4.90 Å². The van der Waals surface area contributed by atoms with E-state index >= 15 is 0 Å². The summed E-state index contributed by atoms with van der Waals surface area (Å²) < 4.78 is 0. The minimum atomic E-state index is -1.19. The van der Waals surface area contributed by atoms with Crippen LogP contribution in [0.4, 0.5) is 0 Å². The molecule has 21 heavy (non-hydrogen) atoms. The molecule has 0 unspecified atom stereocenters. The monoisotopic (exact) mass is 285 g/mol. The molecule has 2 radical (unpaired) electrons. The number of carbonyl (C=O) groups is 2. The molecule has 0 aliphatic heterocycles. The molecule has 2 N–H and O–H groups in total. The van der Waals surface area contributed by atoms with Crippen LogP contribution in [0.1, 0.15) is 29.3 Å². The average molecular weight is 285 g/mol. The number of benzene rings is 2. The van der Waals surface area contributed by atoms with Gasteiger partial charge in [-0.15, -0.1) is 0 Å². The lowest BCUT2D eigenvalue weighted by Crippen LogP contribution is -2.22. The van der Waals surface area contributed by atoms with Crippen molar-refractivity contribution >= 4 is 22.6 Å². The second kappa shape index (κ2) is 5.83. The third-order valence-corrected chi connectivity index (χ3v) is 3.23. The van der Waals surface area contributed by atoms with Gasteiger partial charge in [0.25, 0.3) is 0 Å². The molecule has 0 fully saturated rings. The van der Waals surface area contributed by atoms with Gasteiger partial charge in [0.05, 0.1) is 7.05 Å². The highest BCUT2D eigenvalue weighted by molar-refractivity contribution is 5.97. The Hall–Kier alpha value is -2.56. The zero-order valence-corrected chi connectivity index (χ0v) is 11.5. The van der Waals surface area contributed by atoms with Crippen molar-refractivity contribution in [1.29, 1.82) is 0 Å². The number of aromatic hydroxyl groups is 1. The van der Waals surface area contributed by atoms with Crippen molar-refractivity contribution in [3.63, 3.8) is 0 Å². The lowest BCUT2D eigenvalue weighted by atomic mass is 10.0. The summed E-state index contributed by atoms with van der Waals surface area (Å²) in [5.41, 5.74) is 0.628. The van der Waals surface area contributed by atoms with E-state index < -0.39 is 5.97 Å². The first kappa shape index (κ1) is 14.8. The molecule has 0 heterocycles. The fraction of sp³-hybridized carbons (Fsp3) is 0.188. The lowest BCUT2D eigenvalue weighted by molar-refractivity contribution is -0.129. The Labute approximate surface area is 122 Å². The summed E-state index contributed by atoms with van der Waals surface area (Å²) in [6, 6.07) is 8.09. The van der Waals surface area contributed by atoms with E-state index in [1.165, 1.54) is 12.1 Å². The Balaban J connectivity index is 2.38. The summed E-state index contributed by atoms with van der Waals surface area (Å²) in [4.78, 5) is 23.6. The Bertz CT molecular complexity index is 709. The van der Waals surface area contributed by atoms with Crippen molar-refractivity contribution < 1.29 is 19.8 Å². The summed E-state index contributed by atoms with van der Waals surface area (Å²) >= 11 is 0. The molecule has 0 saturated heterocycles. The van der Waals surface area contributed by atoms with E-state index in [9.17, 15) is 14.7 Å².